The van der Waals surface area contributed by atoms with Gasteiger partial charge in [0.1, 0.15) is 0 Å². The second-order valence-corrected chi connectivity index (χ2v) is 8.34. The van der Waals surface area contributed by atoms with E-state index in [1.165, 1.54) is 0 Å². The quantitative estimate of drug-likeness (QED) is 0.225. The van der Waals surface area contributed by atoms with Crippen LogP contribution in [0.5, 0.6) is 0 Å². The van der Waals surface area contributed by atoms with E-state index in [0.717, 1.165) is 21.3 Å². The van der Waals surface area contributed by atoms with Crippen molar-refractivity contribution in [2.75, 3.05) is 0 Å². The number of hydrogen-bond donors (Lipinski definition) is 2. The molecular formula is C25H27N5O4. The lowest BCUT2D eigenvalue weighted by Gasteiger charge is -2.08. The number of fused-ring (bicyclic) bond motifs is 2. The number of unbranched alkanes of at least 4 members (excludes halogenated alkanes) is 2. The molecule has 2 aromatic carbocycles. The summed E-state index contributed by atoms with van der Waals surface area (Å²) in [7, 11) is 0. The van der Waals surface area contributed by atoms with E-state index in [1.807, 2.05) is 56.3 Å². The predicted molar refractivity (Wildman–Crippen MR) is 129 cm³/mol. The molecule has 0 aliphatic rings. The number of carbonyl (C=O) groups excluding carboxylic acids is 1. The van der Waals surface area contributed by atoms with Gasteiger partial charge in [-0.05, 0) is 55.5 Å². The molecule has 0 radical (unpaired) electrons. The van der Waals surface area contributed by atoms with E-state index in [1.54, 1.807) is 0 Å². The van der Waals surface area contributed by atoms with E-state index in [4.69, 9.17) is 4.84 Å². The van der Waals surface area contributed by atoms with Crippen molar-refractivity contribution < 1.29 is 9.63 Å². The maximum absolute atomic E-state index is 12.9. The van der Waals surface area contributed by atoms with Crippen LogP contribution in [0, 0.1) is 13.8 Å². The highest BCUT2D eigenvalue weighted by Gasteiger charge is 2.12. The summed E-state index contributed by atoms with van der Waals surface area (Å²) in [4.78, 5) is 54.1. The number of aryl methyl sites for hydroxylation is 2. The van der Waals surface area contributed by atoms with E-state index in [0.29, 0.717) is 43.3 Å². The second kappa shape index (κ2) is 10.4. The molecule has 0 spiro atoms. The molecule has 4 rings (SSSR count). The normalized spacial score (nSPS) is 11.2. The van der Waals surface area contributed by atoms with Gasteiger partial charge < -0.3 is 0 Å². The molecule has 0 bridgehead atoms. The zero-order valence-corrected chi connectivity index (χ0v) is 19.3. The monoisotopic (exact) mass is 461 g/mol. The largest absolute Gasteiger partial charge is 0.330 e. The molecule has 0 saturated carbocycles. The summed E-state index contributed by atoms with van der Waals surface area (Å²) in [5.41, 5.74) is 6.14. The van der Waals surface area contributed by atoms with Crippen molar-refractivity contribution in [2.24, 2.45) is 0 Å². The number of nitrogens with zero attached hydrogens (tertiary/aromatic N) is 3. The van der Waals surface area contributed by atoms with E-state index in [-0.39, 0.29) is 23.6 Å². The molecule has 2 N–H and O–H groups in total. The summed E-state index contributed by atoms with van der Waals surface area (Å²) in [6, 6.07) is 13.3. The molecule has 0 saturated heterocycles. The Morgan fingerprint density at radius 3 is 2.44 bits per heavy atom. The fourth-order valence-corrected chi connectivity index (χ4v) is 3.70. The summed E-state index contributed by atoms with van der Waals surface area (Å²) >= 11 is 0. The number of benzene rings is 2. The Morgan fingerprint density at radius 2 is 1.71 bits per heavy atom. The van der Waals surface area contributed by atoms with Gasteiger partial charge in [0.2, 0.25) is 5.91 Å². The highest BCUT2D eigenvalue weighted by molar-refractivity contribution is 5.84. The van der Waals surface area contributed by atoms with Gasteiger partial charge in [-0.25, -0.2) is 20.2 Å². The Kier molecular flexibility index (Phi) is 7.12. The Bertz CT molecular complexity index is 1440. The molecule has 0 unspecified atom stereocenters. The maximum atomic E-state index is 12.9. The van der Waals surface area contributed by atoms with Crippen LogP contribution in [0.1, 0.15) is 42.4 Å². The van der Waals surface area contributed by atoms with Crippen LogP contribution in [0.4, 0.5) is 0 Å². The van der Waals surface area contributed by atoms with E-state index >= 15 is 0 Å². The highest BCUT2D eigenvalue weighted by atomic mass is 16.6. The molecule has 1 amide bonds. The lowest BCUT2D eigenvalue weighted by molar-refractivity contribution is -0.134. The zero-order valence-electron chi connectivity index (χ0n) is 19.3. The lowest BCUT2D eigenvalue weighted by atomic mass is 10.1. The summed E-state index contributed by atoms with van der Waals surface area (Å²) in [5.74, 6) is -0.204. The van der Waals surface area contributed by atoms with Crippen molar-refractivity contribution in [2.45, 2.75) is 52.7 Å². The Labute approximate surface area is 195 Å². The lowest BCUT2D eigenvalue weighted by Crippen LogP contribution is -2.35. The number of aromatic amines is 1. The minimum absolute atomic E-state index is 0.144. The third-order valence-corrected chi connectivity index (χ3v) is 5.75. The molecule has 4 aromatic rings. The highest BCUT2D eigenvalue weighted by Crippen LogP contribution is 2.17. The van der Waals surface area contributed by atoms with Gasteiger partial charge >= 0.3 is 5.69 Å². The average Bonchev–Trinajstić information content (AvgIpc) is 2.81. The third kappa shape index (κ3) is 5.37. The van der Waals surface area contributed by atoms with Gasteiger partial charge in [0.05, 0.1) is 17.6 Å². The van der Waals surface area contributed by atoms with Gasteiger partial charge in [0.25, 0.3) is 5.56 Å². The van der Waals surface area contributed by atoms with E-state index in [9.17, 15) is 14.4 Å². The molecule has 34 heavy (non-hydrogen) atoms. The molecular weight excluding hydrogens is 434 g/mol. The van der Waals surface area contributed by atoms with Crippen LogP contribution in [0.25, 0.3) is 22.2 Å². The van der Waals surface area contributed by atoms with E-state index < -0.39 is 11.2 Å². The fourth-order valence-electron chi connectivity index (χ4n) is 3.70. The number of carbonyl (C=O) groups is 1. The SMILES string of the molecule is Cc1cc2nc3[nH]c(=O)n(CCCCCC(=O)NOCc4ccccc4)c(=O)c3nc2cc1C. The van der Waals surface area contributed by atoms with E-state index in [2.05, 4.69) is 20.4 Å². The second-order valence-electron chi connectivity index (χ2n) is 8.34. The smallest absolute Gasteiger partial charge is 0.290 e. The van der Waals surface area contributed by atoms with Crippen LogP contribution in [0.2, 0.25) is 0 Å². The first-order valence-corrected chi connectivity index (χ1v) is 11.3. The van der Waals surface area contributed by atoms with Crippen molar-refractivity contribution in [3.8, 4) is 0 Å². The standard InChI is InChI=1S/C25H27N5O4/c1-16-13-19-20(14-17(16)2)27-23-22(26-19)24(32)30(25(33)28-23)12-8-4-7-11-21(31)29-34-15-18-9-5-3-6-10-18/h3,5-6,9-10,13-14H,4,7-8,11-12,15H2,1-2H3,(H,29,31)(H,27,28,33). The van der Waals surface area contributed by atoms with Crippen molar-refractivity contribution in [3.05, 3.63) is 80.0 Å². The average molecular weight is 462 g/mol. The Morgan fingerprint density at radius 1 is 1.00 bits per heavy atom. The maximum Gasteiger partial charge on any atom is 0.330 e. The minimum Gasteiger partial charge on any atom is -0.290 e. The molecule has 0 aliphatic carbocycles. The third-order valence-electron chi connectivity index (χ3n) is 5.75. The van der Waals surface area contributed by atoms with Gasteiger partial charge in [-0.3, -0.25) is 24.0 Å². The van der Waals surface area contributed by atoms with Crippen LogP contribution in [0.3, 0.4) is 0 Å². The Hall–Kier alpha value is -3.85. The summed E-state index contributed by atoms with van der Waals surface area (Å²) in [6.07, 6.45) is 2.17. The number of H-pyrrole nitrogens is 1. The first-order valence-electron chi connectivity index (χ1n) is 11.3. The molecule has 0 atom stereocenters. The zero-order chi connectivity index (χ0) is 24.1. The molecule has 2 aromatic heterocycles. The van der Waals surface area contributed by atoms with Crippen LogP contribution >= 0.6 is 0 Å². The number of amides is 1. The van der Waals surface area contributed by atoms with Crippen LogP contribution in [0.15, 0.2) is 52.1 Å². The van der Waals surface area contributed by atoms with Gasteiger partial charge in [-0.2, -0.15) is 0 Å². The number of nitrogens with one attached hydrogen (secondary N) is 2. The number of hydroxylamine groups is 1. The fraction of sp³-hybridized carbons (Fsp3) is 0.320. The van der Waals surface area contributed by atoms with Crippen molar-refractivity contribution in [1.82, 2.24) is 25.0 Å². The van der Waals surface area contributed by atoms with Crippen LogP contribution < -0.4 is 16.7 Å². The van der Waals surface area contributed by atoms with Gasteiger partial charge in [0.15, 0.2) is 11.2 Å². The topological polar surface area (TPSA) is 119 Å². The molecule has 0 fully saturated rings. The summed E-state index contributed by atoms with van der Waals surface area (Å²) in [6.45, 7) is 4.49. The van der Waals surface area contributed by atoms with Gasteiger partial charge in [0, 0.05) is 13.0 Å². The van der Waals surface area contributed by atoms with Crippen molar-refractivity contribution in [1.29, 1.82) is 0 Å². The predicted octanol–water partition coefficient (Wildman–Crippen LogP) is 3.06. The first kappa shape index (κ1) is 23.3. The van der Waals surface area contributed by atoms with Crippen molar-refractivity contribution in [3.63, 3.8) is 0 Å². The number of aromatic nitrogens is 4. The summed E-state index contributed by atoms with van der Waals surface area (Å²) < 4.78 is 1.15. The van der Waals surface area contributed by atoms with Crippen molar-refractivity contribution >= 4 is 28.1 Å². The summed E-state index contributed by atoms with van der Waals surface area (Å²) in [5, 5.41) is 0. The molecule has 0 aliphatic heterocycles. The number of rotatable bonds is 9. The molecule has 2 heterocycles. The van der Waals surface area contributed by atoms with Crippen LogP contribution in [-0.2, 0) is 22.8 Å². The van der Waals surface area contributed by atoms with Gasteiger partial charge in [-0.15, -0.1) is 0 Å². The Balaban J connectivity index is 1.32. The first-order chi connectivity index (χ1) is 16.4. The molecule has 176 valence electrons. The molecule has 9 nitrogen and oxygen atoms in total. The molecule has 9 heteroatoms. The van der Waals surface area contributed by atoms with Gasteiger partial charge in [-0.1, -0.05) is 36.8 Å². The number of hydrogen-bond acceptors (Lipinski definition) is 6. The van der Waals surface area contributed by atoms with Crippen LogP contribution in [-0.4, -0.2) is 25.4 Å². The minimum atomic E-state index is -0.512.